The Labute approximate surface area is 124 Å². The molecule has 1 aliphatic rings. The van der Waals surface area contributed by atoms with Gasteiger partial charge in [-0.1, -0.05) is 12.1 Å². The Morgan fingerprint density at radius 1 is 1.33 bits per heavy atom. The molecule has 7 nitrogen and oxygen atoms in total. The maximum Gasteiger partial charge on any atom is 0.269 e. The maximum absolute atomic E-state index is 12.2. The predicted octanol–water partition coefficient (Wildman–Crippen LogP) is 0.926. The highest BCUT2D eigenvalue weighted by atomic mass is 32.2. The van der Waals surface area contributed by atoms with Gasteiger partial charge in [0.2, 0.25) is 5.91 Å². The average Bonchev–Trinajstić information content (AvgIpc) is 3.02. The van der Waals surface area contributed by atoms with E-state index < -0.39 is 28.4 Å². The number of thiazole rings is 1. The number of hydrogen-bond donors (Lipinski definition) is 1. The van der Waals surface area contributed by atoms with E-state index in [4.69, 9.17) is 0 Å². The SMILES string of the molecule is O=C(CN1C(=O)c2ccccc2S1(=O)=O)Nc1nccs1. The average molecular weight is 323 g/mol. The molecule has 0 atom stereocenters. The lowest BCUT2D eigenvalue weighted by Crippen LogP contribution is -2.37. The molecule has 3 rings (SSSR count). The number of rotatable bonds is 3. The van der Waals surface area contributed by atoms with Gasteiger partial charge in [0.1, 0.15) is 11.4 Å². The predicted molar refractivity (Wildman–Crippen MR) is 75.4 cm³/mol. The third kappa shape index (κ3) is 2.30. The highest BCUT2D eigenvalue weighted by Gasteiger charge is 2.41. The van der Waals surface area contributed by atoms with E-state index in [1.54, 1.807) is 11.4 Å². The molecule has 0 radical (unpaired) electrons. The molecule has 1 aliphatic heterocycles. The van der Waals surface area contributed by atoms with E-state index in [9.17, 15) is 18.0 Å². The molecule has 1 N–H and O–H groups in total. The van der Waals surface area contributed by atoms with Crippen LogP contribution in [0.1, 0.15) is 10.4 Å². The van der Waals surface area contributed by atoms with Gasteiger partial charge in [0.05, 0.1) is 5.56 Å². The Morgan fingerprint density at radius 3 is 2.76 bits per heavy atom. The molecule has 0 spiro atoms. The standard InChI is InChI=1S/C12H9N3O4S2/c16-10(14-12-13-5-6-20-12)7-15-11(17)8-3-1-2-4-9(8)21(15,18)19/h1-6H,7H2,(H,13,14,16). The van der Waals surface area contributed by atoms with Crippen molar-refractivity contribution in [3.63, 3.8) is 0 Å². The van der Waals surface area contributed by atoms with Crippen LogP contribution in [0.5, 0.6) is 0 Å². The summed E-state index contributed by atoms with van der Waals surface area (Å²) < 4.78 is 25.1. The molecule has 9 heteroatoms. The minimum absolute atomic E-state index is 0.0722. The van der Waals surface area contributed by atoms with Crippen molar-refractivity contribution in [2.75, 3.05) is 11.9 Å². The van der Waals surface area contributed by atoms with Crippen LogP contribution in [-0.4, -0.2) is 36.1 Å². The molecule has 2 amide bonds. The van der Waals surface area contributed by atoms with E-state index in [1.807, 2.05) is 0 Å². The van der Waals surface area contributed by atoms with Crippen LogP contribution in [0, 0.1) is 0 Å². The second-order valence-electron chi connectivity index (χ2n) is 4.20. The van der Waals surface area contributed by atoms with E-state index in [1.165, 1.54) is 35.7 Å². The third-order valence-corrected chi connectivity index (χ3v) is 5.35. The van der Waals surface area contributed by atoms with Gasteiger partial charge >= 0.3 is 0 Å². The minimum atomic E-state index is -3.96. The van der Waals surface area contributed by atoms with Crippen molar-refractivity contribution in [2.45, 2.75) is 4.90 Å². The summed E-state index contributed by atoms with van der Waals surface area (Å²) in [6.07, 6.45) is 1.51. The lowest BCUT2D eigenvalue weighted by molar-refractivity contribution is -0.116. The molecule has 2 heterocycles. The first-order chi connectivity index (χ1) is 10.00. The Balaban J connectivity index is 1.84. The molecule has 0 aliphatic carbocycles. The van der Waals surface area contributed by atoms with Gasteiger partial charge < -0.3 is 5.32 Å². The first-order valence-corrected chi connectivity index (χ1v) is 8.17. The van der Waals surface area contributed by atoms with Gasteiger partial charge in [0, 0.05) is 11.6 Å². The summed E-state index contributed by atoms with van der Waals surface area (Å²) >= 11 is 1.20. The molecular formula is C12H9N3O4S2. The zero-order chi connectivity index (χ0) is 15.0. The monoisotopic (exact) mass is 323 g/mol. The Bertz CT molecular complexity index is 815. The number of amides is 2. The normalized spacial score (nSPS) is 15.8. The fraction of sp³-hybridized carbons (Fsp3) is 0.0833. The van der Waals surface area contributed by atoms with Gasteiger partial charge in [-0.25, -0.2) is 17.7 Å². The van der Waals surface area contributed by atoms with Crippen LogP contribution in [0.15, 0.2) is 40.7 Å². The molecule has 21 heavy (non-hydrogen) atoms. The molecule has 0 fully saturated rings. The quantitative estimate of drug-likeness (QED) is 0.906. The topological polar surface area (TPSA) is 96.4 Å². The van der Waals surface area contributed by atoms with Crippen LogP contribution in [-0.2, 0) is 14.8 Å². The van der Waals surface area contributed by atoms with Crippen LogP contribution in [0.3, 0.4) is 0 Å². The molecule has 0 saturated heterocycles. The number of carbonyl (C=O) groups is 2. The maximum atomic E-state index is 12.2. The lowest BCUT2D eigenvalue weighted by Gasteiger charge is -2.13. The van der Waals surface area contributed by atoms with Gasteiger partial charge in [-0.15, -0.1) is 11.3 Å². The molecule has 1 aromatic heterocycles. The van der Waals surface area contributed by atoms with E-state index in [0.29, 0.717) is 9.44 Å². The van der Waals surface area contributed by atoms with Gasteiger partial charge in [0.15, 0.2) is 5.13 Å². The number of hydrogen-bond acceptors (Lipinski definition) is 6. The number of sulfonamides is 1. The van der Waals surface area contributed by atoms with Crippen molar-refractivity contribution in [2.24, 2.45) is 0 Å². The van der Waals surface area contributed by atoms with Crippen LogP contribution in [0.4, 0.5) is 5.13 Å². The highest BCUT2D eigenvalue weighted by molar-refractivity contribution is 7.90. The fourth-order valence-corrected chi connectivity index (χ4v) is 4.03. The van der Waals surface area contributed by atoms with Gasteiger partial charge in [-0.2, -0.15) is 0 Å². The molecular weight excluding hydrogens is 314 g/mol. The second-order valence-corrected chi connectivity index (χ2v) is 6.92. The molecule has 1 aromatic carbocycles. The van der Waals surface area contributed by atoms with Gasteiger partial charge in [0.25, 0.3) is 15.9 Å². The third-order valence-electron chi connectivity index (χ3n) is 2.88. The zero-order valence-corrected chi connectivity index (χ0v) is 12.1. The van der Waals surface area contributed by atoms with Crippen LogP contribution in [0.2, 0.25) is 0 Å². The summed E-state index contributed by atoms with van der Waals surface area (Å²) in [4.78, 5) is 27.7. The molecule has 108 valence electrons. The molecule has 0 saturated carbocycles. The summed E-state index contributed by atoms with van der Waals surface area (Å²) in [7, 11) is -3.96. The van der Waals surface area contributed by atoms with Crippen LogP contribution < -0.4 is 5.32 Å². The summed E-state index contributed by atoms with van der Waals surface area (Å²) in [5.74, 6) is -1.31. The number of nitrogens with zero attached hydrogens (tertiary/aromatic N) is 2. The first-order valence-electron chi connectivity index (χ1n) is 5.85. The second kappa shape index (κ2) is 4.93. The fourth-order valence-electron chi connectivity index (χ4n) is 1.96. The lowest BCUT2D eigenvalue weighted by atomic mass is 10.2. The largest absolute Gasteiger partial charge is 0.300 e. The van der Waals surface area contributed by atoms with E-state index in [-0.39, 0.29) is 10.5 Å². The van der Waals surface area contributed by atoms with E-state index in [0.717, 1.165) is 0 Å². The number of benzene rings is 1. The zero-order valence-electron chi connectivity index (χ0n) is 10.5. The number of nitrogens with one attached hydrogen (secondary N) is 1. The Hall–Kier alpha value is -2.26. The Morgan fingerprint density at radius 2 is 2.10 bits per heavy atom. The van der Waals surface area contributed by atoms with E-state index in [2.05, 4.69) is 10.3 Å². The first kappa shape index (κ1) is 13.7. The van der Waals surface area contributed by atoms with Crippen molar-refractivity contribution < 1.29 is 18.0 Å². The van der Waals surface area contributed by atoms with Crippen LogP contribution >= 0.6 is 11.3 Å². The van der Waals surface area contributed by atoms with Crippen molar-refractivity contribution in [3.05, 3.63) is 41.4 Å². The molecule has 0 unspecified atom stereocenters. The molecule has 2 aromatic rings. The minimum Gasteiger partial charge on any atom is -0.300 e. The number of fused-ring (bicyclic) bond motifs is 1. The highest BCUT2D eigenvalue weighted by Crippen LogP contribution is 2.29. The van der Waals surface area contributed by atoms with Crippen LogP contribution in [0.25, 0.3) is 0 Å². The van der Waals surface area contributed by atoms with E-state index >= 15 is 0 Å². The van der Waals surface area contributed by atoms with Gasteiger partial charge in [-0.05, 0) is 12.1 Å². The Kier molecular flexibility index (Phi) is 3.22. The smallest absolute Gasteiger partial charge is 0.269 e. The van der Waals surface area contributed by atoms with Crippen molar-refractivity contribution in [3.8, 4) is 0 Å². The van der Waals surface area contributed by atoms with Crippen molar-refractivity contribution in [1.82, 2.24) is 9.29 Å². The summed E-state index contributed by atoms with van der Waals surface area (Å²) in [6.45, 7) is -0.574. The summed E-state index contributed by atoms with van der Waals surface area (Å²) in [5.41, 5.74) is 0.0829. The number of anilines is 1. The summed E-state index contributed by atoms with van der Waals surface area (Å²) in [6, 6.07) is 5.88. The van der Waals surface area contributed by atoms with Gasteiger partial charge in [-0.3, -0.25) is 9.59 Å². The molecule has 0 bridgehead atoms. The van der Waals surface area contributed by atoms with Crippen molar-refractivity contribution in [1.29, 1.82) is 0 Å². The van der Waals surface area contributed by atoms with Crippen molar-refractivity contribution >= 4 is 38.3 Å². The number of carbonyl (C=O) groups excluding carboxylic acids is 2. The summed E-state index contributed by atoms with van der Waals surface area (Å²) in [5, 5.41) is 4.46. The number of aromatic nitrogens is 1.